The van der Waals surface area contributed by atoms with Crippen molar-refractivity contribution in [3.63, 3.8) is 0 Å². The smallest absolute Gasteiger partial charge is 0.283 e. The Morgan fingerprint density at radius 2 is 2.00 bits per heavy atom. The third-order valence-corrected chi connectivity index (χ3v) is 1.75. The van der Waals surface area contributed by atoms with Gasteiger partial charge in [0.15, 0.2) is 0 Å². The topological polar surface area (TPSA) is 38.3 Å². The van der Waals surface area contributed by atoms with Crippen molar-refractivity contribution in [2.45, 2.75) is 0 Å². The molecule has 1 aromatic carbocycles. The van der Waals surface area contributed by atoms with E-state index in [4.69, 9.17) is 4.74 Å². The van der Waals surface area contributed by atoms with Crippen LogP contribution in [0.5, 0.6) is 11.6 Å². The molecule has 52 valence electrons. The van der Waals surface area contributed by atoms with Gasteiger partial charge in [0.05, 0.1) is 10.9 Å². The van der Waals surface area contributed by atoms with E-state index in [1.165, 1.54) is 0 Å². The number of rotatable bonds is 0. The second kappa shape index (κ2) is 1.50. The van der Waals surface area contributed by atoms with E-state index in [2.05, 4.69) is 10.2 Å². The molecule has 1 aromatic heterocycles. The van der Waals surface area contributed by atoms with Crippen molar-refractivity contribution >= 4 is 10.9 Å². The minimum Gasteiger partial charge on any atom is -0.428 e. The van der Waals surface area contributed by atoms with Crippen molar-refractivity contribution in [1.82, 2.24) is 10.2 Å². The lowest BCUT2D eigenvalue weighted by Crippen LogP contribution is -1.74. The summed E-state index contributed by atoms with van der Waals surface area (Å²) >= 11 is 0. The minimum absolute atomic E-state index is 0.670. The van der Waals surface area contributed by atoms with Gasteiger partial charge in [-0.2, -0.15) is 0 Å². The van der Waals surface area contributed by atoms with Crippen LogP contribution >= 0.6 is 0 Å². The fraction of sp³-hybridized carbons (Fsp3) is 0. The molecule has 0 fully saturated rings. The van der Waals surface area contributed by atoms with E-state index >= 15 is 0 Å². The average molecular weight is 144 g/mol. The lowest BCUT2D eigenvalue weighted by molar-refractivity contribution is 0.631. The number of nitrogens with zero attached hydrogens (tertiary/aromatic N) is 2. The molecule has 1 aliphatic rings. The zero-order chi connectivity index (χ0) is 7.26. The lowest BCUT2D eigenvalue weighted by Gasteiger charge is -1.86. The number of hydrogen-bond donors (Lipinski definition) is 0. The normalized spacial score (nSPS) is 12.4. The maximum Gasteiger partial charge on any atom is 0.283 e. The Morgan fingerprint density at radius 1 is 1.09 bits per heavy atom. The van der Waals surface area contributed by atoms with Gasteiger partial charge in [0.25, 0.3) is 5.88 Å². The summed E-state index contributed by atoms with van der Waals surface area (Å²) in [6.45, 7) is 0. The first-order valence-electron chi connectivity index (χ1n) is 3.38. The third kappa shape index (κ3) is 0.570. The van der Waals surface area contributed by atoms with E-state index in [9.17, 15) is 0 Å². The molecule has 3 rings (SSSR count). The number of fused-ring (bicyclic) bond motifs is 3. The Hall–Kier alpha value is -1.64. The molecule has 3 nitrogen and oxygen atoms in total. The maximum atomic E-state index is 5.08. The first kappa shape index (κ1) is 5.07. The van der Waals surface area contributed by atoms with Crippen molar-refractivity contribution in [2.24, 2.45) is 0 Å². The SMILES string of the molecule is c1ccc2c3c(nnc2c1)O3. The fourth-order valence-corrected chi connectivity index (χ4v) is 1.16. The third-order valence-electron chi connectivity index (χ3n) is 1.75. The second-order valence-corrected chi connectivity index (χ2v) is 2.45. The van der Waals surface area contributed by atoms with Crippen molar-refractivity contribution in [2.75, 3.05) is 0 Å². The van der Waals surface area contributed by atoms with Crippen LogP contribution in [0.1, 0.15) is 0 Å². The van der Waals surface area contributed by atoms with Crippen LogP contribution in [0.25, 0.3) is 10.9 Å². The number of benzene rings is 1. The molecule has 0 atom stereocenters. The monoisotopic (exact) mass is 144 g/mol. The summed E-state index contributed by atoms with van der Waals surface area (Å²) in [5.41, 5.74) is 0.892. The van der Waals surface area contributed by atoms with Gasteiger partial charge < -0.3 is 4.74 Å². The van der Waals surface area contributed by atoms with E-state index < -0.39 is 0 Å². The molecule has 11 heavy (non-hydrogen) atoms. The van der Waals surface area contributed by atoms with Crippen LogP contribution in [0.2, 0.25) is 0 Å². The lowest BCUT2D eigenvalue weighted by atomic mass is 10.2. The van der Waals surface area contributed by atoms with Crippen LogP contribution in [0.3, 0.4) is 0 Å². The molecule has 0 aliphatic carbocycles. The maximum absolute atomic E-state index is 5.08. The summed E-state index contributed by atoms with van der Waals surface area (Å²) < 4.78 is 5.08. The van der Waals surface area contributed by atoms with Crippen molar-refractivity contribution in [3.05, 3.63) is 24.3 Å². The molecular formula is C8H4N2O. The highest BCUT2D eigenvalue weighted by atomic mass is 16.6. The molecule has 0 radical (unpaired) electrons. The standard InChI is InChI=1S/C8H4N2O/c1-2-4-6-5(3-1)7-8(11-7)10-9-6/h1-4H. The summed E-state index contributed by atoms with van der Waals surface area (Å²) in [6, 6.07) is 7.80. The highest BCUT2D eigenvalue weighted by Crippen LogP contribution is 2.46. The predicted molar refractivity (Wildman–Crippen MR) is 39.6 cm³/mol. The van der Waals surface area contributed by atoms with Crippen LogP contribution in [0.4, 0.5) is 0 Å². The molecule has 0 saturated heterocycles. The summed E-state index contributed by atoms with van der Waals surface area (Å²) in [4.78, 5) is 0. The predicted octanol–water partition coefficient (Wildman–Crippen LogP) is 1.74. The summed E-state index contributed by atoms with van der Waals surface area (Å²) in [5.74, 6) is 1.55. The van der Waals surface area contributed by atoms with Gasteiger partial charge in [0.1, 0.15) is 0 Å². The van der Waals surface area contributed by atoms with Gasteiger partial charge in [-0.25, -0.2) is 0 Å². The Balaban J connectivity index is 2.56. The van der Waals surface area contributed by atoms with Crippen molar-refractivity contribution in [3.8, 4) is 11.6 Å². The van der Waals surface area contributed by atoms with Gasteiger partial charge in [0, 0.05) is 0 Å². The van der Waals surface area contributed by atoms with E-state index in [0.717, 1.165) is 16.7 Å². The summed E-state index contributed by atoms with van der Waals surface area (Å²) in [7, 11) is 0. The quantitative estimate of drug-likeness (QED) is 0.451. The molecule has 0 N–H and O–H groups in total. The minimum atomic E-state index is 0.670. The zero-order valence-corrected chi connectivity index (χ0v) is 5.61. The molecule has 0 spiro atoms. The Bertz CT molecular complexity index is 439. The highest BCUT2D eigenvalue weighted by Gasteiger charge is 2.25. The van der Waals surface area contributed by atoms with Crippen molar-refractivity contribution in [1.29, 1.82) is 0 Å². The molecule has 1 aliphatic heterocycles. The second-order valence-electron chi connectivity index (χ2n) is 2.45. The van der Waals surface area contributed by atoms with Gasteiger partial charge in [-0.15, -0.1) is 10.2 Å². The van der Waals surface area contributed by atoms with Crippen LogP contribution < -0.4 is 4.74 Å². The van der Waals surface area contributed by atoms with Gasteiger partial charge >= 0.3 is 0 Å². The van der Waals surface area contributed by atoms with Crippen LogP contribution in [0, 0.1) is 0 Å². The average Bonchev–Trinajstić information content (AvgIpc) is 2.83. The molecule has 3 heteroatoms. The molecule has 0 saturated carbocycles. The first-order valence-corrected chi connectivity index (χ1v) is 3.38. The fourth-order valence-electron chi connectivity index (χ4n) is 1.16. The van der Waals surface area contributed by atoms with E-state index in [1.807, 2.05) is 24.3 Å². The molecule has 2 aromatic rings. The molecule has 2 heterocycles. The summed E-state index contributed by atoms with van der Waals surface area (Å²) in [5, 5.41) is 8.84. The number of aromatic nitrogens is 2. The number of hydrogen-bond acceptors (Lipinski definition) is 3. The van der Waals surface area contributed by atoms with E-state index in [-0.39, 0.29) is 0 Å². The summed E-state index contributed by atoms with van der Waals surface area (Å²) in [6.07, 6.45) is 0. The van der Waals surface area contributed by atoms with E-state index in [0.29, 0.717) is 5.88 Å². The van der Waals surface area contributed by atoms with Gasteiger partial charge in [-0.05, 0) is 12.1 Å². The Labute approximate surface area is 62.6 Å². The largest absolute Gasteiger partial charge is 0.428 e. The Morgan fingerprint density at radius 3 is 3.00 bits per heavy atom. The van der Waals surface area contributed by atoms with Crippen molar-refractivity contribution < 1.29 is 4.74 Å². The highest BCUT2D eigenvalue weighted by molar-refractivity contribution is 5.89. The number of ether oxygens (including phenoxy) is 1. The Kier molecular flexibility index (Phi) is 0.692. The molecular weight excluding hydrogens is 140 g/mol. The van der Waals surface area contributed by atoms with Gasteiger partial charge in [-0.1, -0.05) is 12.1 Å². The van der Waals surface area contributed by atoms with Crippen LogP contribution in [0.15, 0.2) is 24.3 Å². The van der Waals surface area contributed by atoms with Gasteiger partial charge in [-0.3, -0.25) is 0 Å². The molecule has 0 unspecified atom stereocenters. The van der Waals surface area contributed by atoms with Crippen LogP contribution in [-0.4, -0.2) is 10.2 Å². The molecule has 0 amide bonds. The van der Waals surface area contributed by atoms with Crippen LogP contribution in [-0.2, 0) is 0 Å². The van der Waals surface area contributed by atoms with E-state index in [1.54, 1.807) is 0 Å². The molecule has 0 bridgehead atoms. The first-order chi connectivity index (χ1) is 5.45. The van der Waals surface area contributed by atoms with Gasteiger partial charge in [0.2, 0.25) is 5.75 Å². The zero-order valence-electron chi connectivity index (χ0n) is 5.61.